The Balaban J connectivity index is 1.97. The van der Waals surface area contributed by atoms with Crippen LogP contribution in [0.15, 0.2) is 28.6 Å². The Hall–Kier alpha value is -1.40. The first-order valence-electron chi connectivity index (χ1n) is 4.97. The summed E-state index contributed by atoms with van der Waals surface area (Å²) in [6, 6.07) is 7.29. The van der Waals surface area contributed by atoms with Gasteiger partial charge < -0.3 is 5.73 Å². The summed E-state index contributed by atoms with van der Waals surface area (Å²) in [4.78, 5) is 10.9. The number of hydrogen-bond acceptors (Lipinski definition) is 5. The monoisotopic (exact) mass is 265 g/mol. The first-order chi connectivity index (χ1) is 8.15. The molecule has 0 aliphatic heterocycles. The van der Waals surface area contributed by atoms with Crippen LogP contribution in [0.1, 0.15) is 20.9 Å². The number of carbonyl (C=O) groups excluding carboxylic acids is 1. The van der Waals surface area contributed by atoms with Crippen LogP contribution < -0.4 is 5.73 Å². The van der Waals surface area contributed by atoms with Gasteiger partial charge in [-0.3, -0.25) is 4.79 Å². The van der Waals surface area contributed by atoms with E-state index in [0.717, 1.165) is 20.7 Å². The van der Waals surface area contributed by atoms with Crippen LogP contribution in [0.2, 0.25) is 0 Å². The number of hydrogen-bond donors (Lipinski definition) is 1. The minimum absolute atomic E-state index is 0.399. The molecule has 1 amide bonds. The molecule has 0 aliphatic rings. The molecular formula is C11H11N3OS2. The van der Waals surface area contributed by atoms with Crippen molar-refractivity contribution in [2.75, 3.05) is 0 Å². The molecular weight excluding hydrogens is 254 g/mol. The summed E-state index contributed by atoms with van der Waals surface area (Å²) in [5, 5.41) is 8.96. The van der Waals surface area contributed by atoms with E-state index in [9.17, 15) is 4.79 Å². The Labute approximate surface area is 107 Å². The van der Waals surface area contributed by atoms with E-state index in [1.165, 1.54) is 0 Å². The van der Waals surface area contributed by atoms with Gasteiger partial charge in [0.15, 0.2) is 4.34 Å². The second-order valence-corrected chi connectivity index (χ2v) is 5.84. The molecule has 0 atom stereocenters. The van der Waals surface area contributed by atoms with E-state index in [2.05, 4.69) is 10.2 Å². The summed E-state index contributed by atoms with van der Waals surface area (Å²) < 4.78 is 0.960. The van der Waals surface area contributed by atoms with Gasteiger partial charge in [-0.1, -0.05) is 35.2 Å². The van der Waals surface area contributed by atoms with Gasteiger partial charge >= 0.3 is 0 Å². The Morgan fingerprint density at radius 3 is 2.59 bits per heavy atom. The summed E-state index contributed by atoms with van der Waals surface area (Å²) in [6.45, 7) is 1.93. The summed E-state index contributed by atoms with van der Waals surface area (Å²) in [7, 11) is 0. The average molecular weight is 265 g/mol. The van der Waals surface area contributed by atoms with Gasteiger partial charge in [0.1, 0.15) is 5.01 Å². The third-order valence-corrected chi connectivity index (χ3v) is 4.15. The van der Waals surface area contributed by atoms with E-state index in [4.69, 9.17) is 5.73 Å². The van der Waals surface area contributed by atoms with Crippen molar-refractivity contribution in [3.63, 3.8) is 0 Å². The molecule has 2 N–H and O–H groups in total. The molecule has 1 aromatic carbocycles. The van der Waals surface area contributed by atoms with E-state index in [0.29, 0.717) is 5.56 Å². The minimum atomic E-state index is -0.399. The lowest BCUT2D eigenvalue weighted by atomic mass is 10.1. The minimum Gasteiger partial charge on any atom is -0.366 e. The van der Waals surface area contributed by atoms with Crippen LogP contribution in [0.25, 0.3) is 0 Å². The SMILES string of the molecule is Cc1nnc(SCc2ccc(C(N)=O)cc2)s1. The van der Waals surface area contributed by atoms with Gasteiger partial charge in [0.2, 0.25) is 5.91 Å². The molecule has 0 saturated heterocycles. The Bertz CT molecular complexity index is 522. The van der Waals surface area contributed by atoms with Gasteiger partial charge in [-0.05, 0) is 24.6 Å². The molecule has 17 heavy (non-hydrogen) atoms. The molecule has 2 aromatic rings. The quantitative estimate of drug-likeness (QED) is 0.861. The van der Waals surface area contributed by atoms with Gasteiger partial charge in [-0.2, -0.15) is 0 Å². The van der Waals surface area contributed by atoms with Gasteiger partial charge in [-0.15, -0.1) is 10.2 Å². The first kappa shape index (κ1) is 12.1. The van der Waals surface area contributed by atoms with Gasteiger partial charge in [0.05, 0.1) is 0 Å². The molecule has 88 valence electrons. The summed E-state index contributed by atoms with van der Waals surface area (Å²) in [5.41, 5.74) is 6.84. The molecule has 0 spiro atoms. The highest BCUT2D eigenvalue weighted by molar-refractivity contribution is 8.00. The maximum absolute atomic E-state index is 10.9. The van der Waals surface area contributed by atoms with E-state index >= 15 is 0 Å². The van der Waals surface area contributed by atoms with Crippen molar-refractivity contribution in [3.05, 3.63) is 40.4 Å². The lowest BCUT2D eigenvalue weighted by Crippen LogP contribution is -2.10. The van der Waals surface area contributed by atoms with Crippen LogP contribution in [0.4, 0.5) is 0 Å². The maximum Gasteiger partial charge on any atom is 0.248 e. The number of benzene rings is 1. The summed E-state index contributed by atoms with van der Waals surface area (Å²) >= 11 is 3.22. The second-order valence-electron chi connectivity index (χ2n) is 3.44. The highest BCUT2D eigenvalue weighted by Crippen LogP contribution is 2.25. The zero-order valence-corrected chi connectivity index (χ0v) is 10.8. The first-order valence-corrected chi connectivity index (χ1v) is 6.77. The predicted molar refractivity (Wildman–Crippen MR) is 69.2 cm³/mol. The van der Waals surface area contributed by atoms with E-state index in [1.807, 2.05) is 19.1 Å². The lowest BCUT2D eigenvalue weighted by Gasteiger charge is -2.00. The maximum atomic E-state index is 10.9. The molecule has 0 aliphatic carbocycles. The predicted octanol–water partition coefficient (Wildman–Crippen LogP) is 2.24. The summed E-state index contributed by atoms with van der Waals surface area (Å²) in [5.74, 6) is 0.414. The zero-order chi connectivity index (χ0) is 12.3. The second kappa shape index (κ2) is 5.29. The normalized spacial score (nSPS) is 10.4. The summed E-state index contributed by atoms with van der Waals surface area (Å²) in [6.07, 6.45) is 0. The molecule has 1 aromatic heterocycles. The number of nitrogens with zero attached hydrogens (tertiary/aromatic N) is 2. The van der Waals surface area contributed by atoms with Crippen molar-refractivity contribution in [2.45, 2.75) is 17.0 Å². The largest absolute Gasteiger partial charge is 0.366 e. The number of rotatable bonds is 4. The number of aromatic nitrogens is 2. The van der Waals surface area contributed by atoms with Crippen molar-refractivity contribution in [1.29, 1.82) is 0 Å². The molecule has 6 heteroatoms. The van der Waals surface area contributed by atoms with Gasteiger partial charge in [-0.25, -0.2) is 0 Å². The number of carbonyl (C=O) groups is 1. The number of amides is 1. The highest BCUT2D eigenvalue weighted by atomic mass is 32.2. The molecule has 0 fully saturated rings. The number of thioether (sulfide) groups is 1. The molecule has 0 saturated carbocycles. The third-order valence-electron chi connectivity index (χ3n) is 2.11. The van der Waals surface area contributed by atoms with Crippen molar-refractivity contribution in [3.8, 4) is 0 Å². The molecule has 0 radical (unpaired) electrons. The Morgan fingerprint density at radius 1 is 1.35 bits per heavy atom. The van der Waals surface area contributed by atoms with Crippen LogP contribution >= 0.6 is 23.1 Å². The van der Waals surface area contributed by atoms with Crippen molar-refractivity contribution in [2.24, 2.45) is 5.73 Å². The highest BCUT2D eigenvalue weighted by Gasteiger charge is 2.03. The number of primary amides is 1. The smallest absolute Gasteiger partial charge is 0.248 e. The van der Waals surface area contributed by atoms with Crippen LogP contribution in [-0.4, -0.2) is 16.1 Å². The topological polar surface area (TPSA) is 68.9 Å². The fourth-order valence-corrected chi connectivity index (χ4v) is 3.02. The third kappa shape index (κ3) is 3.28. The molecule has 1 heterocycles. The van der Waals surface area contributed by atoms with Gasteiger partial charge in [0, 0.05) is 11.3 Å². The Morgan fingerprint density at radius 2 is 2.06 bits per heavy atom. The number of aryl methyl sites for hydroxylation is 1. The lowest BCUT2D eigenvalue weighted by molar-refractivity contribution is 0.100. The van der Waals surface area contributed by atoms with Crippen molar-refractivity contribution < 1.29 is 4.79 Å². The fourth-order valence-electron chi connectivity index (χ4n) is 1.25. The van der Waals surface area contributed by atoms with E-state index in [1.54, 1.807) is 35.2 Å². The standard InChI is InChI=1S/C11H11N3OS2/c1-7-13-14-11(17-7)16-6-8-2-4-9(5-3-8)10(12)15/h2-5H,6H2,1H3,(H2,12,15). The zero-order valence-electron chi connectivity index (χ0n) is 9.21. The van der Waals surface area contributed by atoms with E-state index in [-0.39, 0.29) is 0 Å². The van der Waals surface area contributed by atoms with Crippen molar-refractivity contribution >= 4 is 29.0 Å². The molecule has 0 unspecified atom stereocenters. The van der Waals surface area contributed by atoms with Crippen LogP contribution in [0.3, 0.4) is 0 Å². The van der Waals surface area contributed by atoms with Crippen LogP contribution in [0, 0.1) is 6.92 Å². The molecule has 2 rings (SSSR count). The molecule has 0 bridgehead atoms. The molecule has 4 nitrogen and oxygen atoms in total. The average Bonchev–Trinajstić information content (AvgIpc) is 2.73. The fraction of sp³-hybridized carbons (Fsp3) is 0.182. The Kier molecular flexibility index (Phi) is 3.75. The van der Waals surface area contributed by atoms with E-state index < -0.39 is 5.91 Å². The van der Waals surface area contributed by atoms with Gasteiger partial charge in [0.25, 0.3) is 0 Å². The van der Waals surface area contributed by atoms with Crippen LogP contribution in [0.5, 0.6) is 0 Å². The number of nitrogens with two attached hydrogens (primary N) is 1. The van der Waals surface area contributed by atoms with Crippen molar-refractivity contribution in [1.82, 2.24) is 10.2 Å². The van der Waals surface area contributed by atoms with Crippen LogP contribution in [-0.2, 0) is 5.75 Å².